The second-order valence-electron chi connectivity index (χ2n) is 4.70. The van der Waals surface area contributed by atoms with Gasteiger partial charge in [-0.15, -0.1) is 0 Å². The van der Waals surface area contributed by atoms with Crippen molar-refractivity contribution in [1.82, 2.24) is 0 Å². The van der Waals surface area contributed by atoms with Gasteiger partial charge in [-0.2, -0.15) is 0 Å². The molecule has 0 aliphatic carbocycles. The highest BCUT2D eigenvalue weighted by atomic mass is 32.2. The maximum Gasteiger partial charge on any atom is 0.264 e. The molecule has 1 aromatic rings. The minimum atomic E-state index is -3.35. The van der Waals surface area contributed by atoms with E-state index in [4.69, 9.17) is 4.74 Å². The number of likely N-dealkylation sites (N-methyl/N-ethyl adjacent to an activating group) is 1. The first-order valence-corrected chi connectivity index (χ1v) is 8.12. The number of anilines is 2. The number of fused-ring (bicyclic) bond motifs is 1. The number of benzene rings is 1. The first kappa shape index (κ1) is 14.6. The van der Waals surface area contributed by atoms with E-state index >= 15 is 0 Å². The number of amides is 1. The van der Waals surface area contributed by atoms with Gasteiger partial charge in [-0.1, -0.05) is 13.3 Å². The Hall–Kier alpha value is -1.76. The molecule has 0 atom stereocenters. The van der Waals surface area contributed by atoms with Gasteiger partial charge in [-0.3, -0.25) is 9.52 Å². The zero-order valence-corrected chi connectivity index (χ0v) is 12.4. The lowest BCUT2D eigenvalue weighted by atomic mass is 10.2. The van der Waals surface area contributed by atoms with Crippen LogP contribution in [0.25, 0.3) is 0 Å². The molecule has 1 aliphatic heterocycles. The summed E-state index contributed by atoms with van der Waals surface area (Å²) in [6.45, 7) is 1.94. The summed E-state index contributed by atoms with van der Waals surface area (Å²) < 4.78 is 31.5. The Morgan fingerprint density at radius 2 is 2.15 bits per heavy atom. The highest BCUT2D eigenvalue weighted by Gasteiger charge is 2.23. The van der Waals surface area contributed by atoms with E-state index in [9.17, 15) is 13.2 Å². The van der Waals surface area contributed by atoms with E-state index in [0.717, 1.165) is 6.42 Å². The molecule has 0 spiro atoms. The zero-order chi connectivity index (χ0) is 14.8. The first-order valence-electron chi connectivity index (χ1n) is 6.47. The molecule has 1 heterocycles. The topological polar surface area (TPSA) is 75.7 Å². The normalized spacial score (nSPS) is 14.7. The van der Waals surface area contributed by atoms with Crippen molar-refractivity contribution in [3.63, 3.8) is 0 Å². The van der Waals surface area contributed by atoms with E-state index in [0.29, 0.717) is 23.5 Å². The molecule has 110 valence electrons. The van der Waals surface area contributed by atoms with Gasteiger partial charge < -0.3 is 9.64 Å². The number of hydrogen-bond acceptors (Lipinski definition) is 4. The molecule has 0 bridgehead atoms. The van der Waals surface area contributed by atoms with Crippen molar-refractivity contribution in [2.75, 3.05) is 29.0 Å². The van der Waals surface area contributed by atoms with E-state index < -0.39 is 10.0 Å². The van der Waals surface area contributed by atoms with Crippen molar-refractivity contribution >= 4 is 27.3 Å². The molecule has 2 rings (SSSR count). The number of carbonyl (C=O) groups excluding carboxylic acids is 1. The lowest BCUT2D eigenvalue weighted by Crippen LogP contribution is -2.35. The molecular formula is C13H18N2O4S. The Balaban J connectivity index is 2.21. The van der Waals surface area contributed by atoms with Crippen LogP contribution in [0.5, 0.6) is 5.75 Å². The van der Waals surface area contributed by atoms with E-state index in [2.05, 4.69) is 4.72 Å². The van der Waals surface area contributed by atoms with Crippen LogP contribution in [0.3, 0.4) is 0 Å². The maximum atomic E-state index is 11.8. The summed E-state index contributed by atoms with van der Waals surface area (Å²) in [5.74, 6) is 0.498. The number of nitrogens with zero attached hydrogens (tertiary/aromatic N) is 1. The van der Waals surface area contributed by atoms with Crippen LogP contribution in [0.2, 0.25) is 0 Å². The molecule has 1 aliphatic rings. The van der Waals surface area contributed by atoms with E-state index in [1.165, 1.54) is 4.90 Å². The summed E-state index contributed by atoms with van der Waals surface area (Å²) in [6, 6.07) is 4.90. The van der Waals surface area contributed by atoms with Crippen LogP contribution in [-0.4, -0.2) is 33.7 Å². The van der Waals surface area contributed by atoms with Gasteiger partial charge in [0.1, 0.15) is 5.75 Å². The molecule has 0 saturated carbocycles. The van der Waals surface area contributed by atoms with Crippen LogP contribution in [0.1, 0.15) is 19.8 Å². The SMILES string of the molecule is CCCCS(=O)(=O)Nc1ccc2c(c1)N(C)C(=O)CO2. The summed E-state index contributed by atoms with van der Waals surface area (Å²) >= 11 is 0. The van der Waals surface area contributed by atoms with Crippen LogP contribution in [0, 0.1) is 0 Å². The maximum absolute atomic E-state index is 11.8. The van der Waals surface area contributed by atoms with Crippen molar-refractivity contribution < 1.29 is 17.9 Å². The molecule has 20 heavy (non-hydrogen) atoms. The van der Waals surface area contributed by atoms with Crippen molar-refractivity contribution in [2.24, 2.45) is 0 Å². The van der Waals surface area contributed by atoms with Crippen LogP contribution in [0.4, 0.5) is 11.4 Å². The van der Waals surface area contributed by atoms with Crippen molar-refractivity contribution in [3.8, 4) is 5.75 Å². The summed E-state index contributed by atoms with van der Waals surface area (Å²) in [5.41, 5.74) is 1.00. The van der Waals surface area contributed by atoms with Gasteiger partial charge >= 0.3 is 0 Å². The molecule has 6 nitrogen and oxygen atoms in total. The smallest absolute Gasteiger partial charge is 0.264 e. The molecule has 0 fully saturated rings. The Morgan fingerprint density at radius 3 is 2.85 bits per heavy atom. The van der Waals surface area contributed by atoms with E-state index in [1.807, 2.05) is 6.92 Å². The minimum Gasteiger partial charge on any atom is -0.482 e. The highest BCUT2D eigenvalue weighted by Crippen LogP contribution is 2.33. The van der Waals surface area contributed by atoms with Crippen molar-refractivity contribution in [2.45, 2.75) is 19.8 Å². The number of hydrogen-bond donors (Lipinski definition) is 1. The summed E-state index contributed by atoms with van der Waals surface area (Å²) in [5, 5.41) is 0. The average Bonchev–Trinajstić information content (AvgIpc) is 2.41. The predicted molar refractivity (Wildman–Crippen MR) is 77.7 cm³/mol. The molecule has 0 saturated heterocycles. The number of unbranched alkanes of at least 4 members (excludes halogenated alkanes) is 1. The number of nitrogens with one attached hydrogen (secondary N) is 1. The number of sulfonamides is 1. The molecule has 1 amide bonds. The molecular weight excluding hydrogens is 280 g/mol. The summed E-state index contributed by atoms with van der Waals surface area (Å²) in [7, 11) is -1.71. The lowest BCUT2D eigenvalue weighted by molar-refractivity contribution is -0.120. The molecule has 0 aromatic heterocycles. The van der Waals surface area contributed by atoms with Gasteiger partial charge in [0.05, 0.1) is 17.1 Å². The first-order chi connectivity index (χ1) is 9.43. The Bertz CT molecular complexity index is 613. The largest absolute Gasteiger partial charge is 0.482 e. The third kappa shape index (κ3) is 3.22. The van der Waals surface area contributed by atoms with Crippen LogP contribution < -0.4 is 14.4 Å². The standard InChI is InChI=1S/C13H18N2O4S/c1-3-4-7-20(17,18)14-10-5-6-12-11(8-10)15(2)13(16)9-19-12/h5-6,8,14H,3-4,7,9H2,1-2H3. The second kappa shape index (κ2) is 5.70. The van der Waals surface area contributed by atoms with E-state index in [-0.39, 0.29) is 18.3 Å². The molecule has 7 heteroatoms. The highest BCUT2D eigenvalue weighted by molar-refractivity contribution is 7.92. The molecule has 0 unspecified atom stereocenters. The molecule has 1 N–H and O–H groups in total. The van der Waals surface area contributed by atoms with Crippen molar-refractivity contribution in [3.05, 3.63) is 18.2 Å². The fraction of sp³-hybridized carbons (Fsp3) is 0.462. The van der Waals surface area contributed by atoms with Gasteiger partial charge in [0.2, 0.25) is 10.0 Å². The van der Waals surface area contributed by atoms with Gasteiger partial charge in [0.25, 0.3) is 5.91 Å². The quantitative estimate of drug-likeness (QED) is 0.895. The fourth-order valence-electron chi connectivity index (χ4n) is 1.90. The van der Waals surface area contributed by atoms with E-state index in [1.54, 1.807) is 25.2 Å². The fourth-order valence-corrected chi connectivity index (χ4v) is 3.16. The van der Waals surface area contributed by atoms with Gasteiger partial charge in [0.15, 0.2) is 6.61 Å². The predicted octanol–water partition coefficient (Wildman–Crippen LogP) is 1.58. The average molecular weight is 298 g/mol. The Labute approximate surface area is 118 Å². The molecule has 0 radical (unpaired) electrons. The lowest BCUT2D eigenvalue weighted by Gasteiger charge is -2.26. The van der Waals surface area contributed by atoms with Gasteiger partial charge in [-0.05, 0) is 24.6 Å². The third-order valence-corrected chi connectivity index (χ3v) is 4.46. The van der Waals surface area contributed by atoms with Crippen LogP contribution in [-0.2, 0) is 14.8 Å². The summed E-state index contributed by atoms with van der Waals surface area (Å²) in [4.78, 5) is 13.0. The number of carbonyl (C=O) groups is 1. The molecule has 1 aromatic carbocycles. The van der Waals surface area contributed by atoms with Gasteiger partial charge in [0, 0.05) is 7.05 Å². The van der Waals surface area contributed by atoms with Crippen LogP contribution >= 0.6 is 0 Å². The Kier molecular flexibility index (Phi) is 4.17. The monoisotopic (exact) mass is 298 g/mol. The van der Waals surface area contributed by atoms with Crippen molar-refractivity contribution in [1.29, 1.82) is 0 Å². The van der Waals surface area contributed by atoms with Crippen LogP contribution in [0.15, 0.2) is 18.2 Å². The minimum absolute atomic E-state index is 0.00503. The second-order valence-corrected chi connectivity index (χ2v) is 6.54. The third-order valence-electron chi connectivity index (χ3n) is 3.09. The zero-order valence-electron chi connectivity index (χ0n) is 11.5. The number of rotatable bonds is 5. The van der Waals surface area contributed by atoms with Gasteiger partial charge in [-0.25, -0.2) is 8.42 Å². The summed E-state index contributed by atoms with van der Waals surface area (Å²) in [6.07, 6.45) is 1.43. The Morgan fingerprint density at radius 1 is 1.40 bits per heavy atom. The number of ether oxygens (including phenoxy) is 1.